The highest BCUT2D eigenvalue weighted by molar-refractivity contribution is 6.04. The van der Waals surface area contributed by atoms with Crippen LogP contribution in [0.2, 0.25) is 0 Å². The first-order valence-electron chi connectivity index (χ1n) is 5.78. The van der Waals surface area contributed by atoms with Gasteiger partial charge in [-0.15, -0.1) is 0 Å². The van der Waals surface area contributed by atoms with Crippen molar-refractivity contribution in [3.05, 3.63) is 30.1 Å². The average Bonchev–Trinajstić information content (AvgIpc) is 2.69. The van der Waals surface area contributed by atoms with Crippen LogP contribution < -0.4 is 5.32 Å². The van der Waals surface area contributed by atoms with E-state index in [4.69, 9.17) is 4.42 Å². The summed E-state index contributed by atoms with van der Waals surface area (Å²) in [6.45, 7) is 4.93. The minimum absolute atomic E-state index is 0.781. The molecule has 4 nitrogen and oxygen atoms in total. The van der Waals surface area contributed by atoms with Gasteiger partial charge in [0.05, 0.1) is 6.54 Å². The minimum atomic E-state index is 0.781. The number of rotatable bonds is 2. The summed E-state index contributed by atoms with van der Waals surface area (Å²) in [7, 11) is 0. The van der Waals surface area contributed by atoms with E-state index in [1.807, 2.05) is 31.2 Å². The van der Waals surface area contributed by atoms with Crippen LogP contribution in [-0.2, 0) is 0 Å². The molecule has 0 atom stereocenters. The molecule has 0 aliphatic heterocycles. The molecule has 0 saturated carbocycles. The summed E-state index contributed by atoms with van der Waals surface area (Å²) in [5.41, 5.74) is 2.57. The molecular weight excluding hydrogens is 214 g/mol. The third-order valence-corrected chi connectivity index (χ3v) is 2.76. The van der Waals surface area contributed by atoms with Gasteiger partial charge < -0.3 is 4.42 Å². The fraction of sp³-hybridized carbons (Fsp3) is 0.231. The summed E-state index contributed by atoms with van der Waals surface area (Å²) < 4.78 is 5.83. The molecule has 86 valence electrons. The normalized spacial score (nSPS) is 11.4. The van der Waals surface area contributed by atoms with E-state index >= 15 is 0 Å². The molecule has 0 amide bonds. The van der Waals surface area contributed by atoms with Gasteiger partial charge in [0.15, 0.2) is 0 Å². The van der Waals surface area contributed by atoms with Gasteiger partial charge in [0.25, 0.3) is 5.82 Å². The van der Waals surface area contributed by atoms with E-state index in [-0.39, 0.29) is 0 Å². The Morgan fingerprint density at radius 1 is 1.24 bits per heavy atom. The number of nitrogens with two attached hydrogens (primary N) is 1. The Morgan fingerprint density at radius 2 is 2.06 bits per heavy atom. The lowest BCUT2D eigenvalue weighted by Crippen LogP contribution is -2.77. The first-order valence-corrected chi connectivity index (χ1v) is 5.78. The van der Waals surface area contributed by atoms with Crippen molar-refractivity contribution < 1.29 is 9.73 Å². The standard InChI is InChI=1S/C13H13N3O/c1-3-14-13-12-11(15-8(2)16-13)9-6-4-5-7-10(9)17-12/h4-7H,3H2,1-2H3,(H,14,15,16)/p+1. The number of quaternary nitrogens is 1. The van der Waals surface area contributed by atoms with Gasteiger partial charge in [-0.1, -0.05) is 12.1 Å². The third kappa shape index (κ3) is 1.57. The first-order chi connectivity index (χ1) is 8.29. The van der Waals surface area contributed by atoms with Crippen LogP contribution in [-0.4, -0.2) is 16.5 Å². The zero-order valence-corrected chi connectivity index (χ0v) is 9.90. The Kier molecular flexibility index (Phi) is 2.30. The van der Waals surface area contributed by atoms with Crippen LogP contribution in [0, 0.1) is 6.92 Å². The summed E-state index contributed by atoms with van der Waals surface area (Å²) in [5.74, 6) is 1.68. The zero-order valence-electron chi connectivity index (χ0n) is 9.90. The summed E-state index contributed by atoms with van der Waals surface area (Å²) in [6, 6.07) is 7.96. The number of aromatic nitrogens is 2. The van der Waals surface area contributed by atoms with Gasteiger partial charge in [-0.2, -0.15) is 4.98 Å². The van der Waals surface area contributed by atoms with Crippen molar-refractivity contribution in [3.8, 4) is 0 Å². The van der Waals surface area contributed by atoms with Crippen molar-refractivity contribution in [2.45, 2.75) is 13.8 Å². The fourth-order valence-corrected chi connectivity index (χ4v) is 2.06. The number of hydrogen-bond acceptors (Lipinski definition) is 3. The second-order valence-corrected chi connectivity index (χ2v) is 4.04. The minimum Gasteiger partial charge on any atom is -0.446 e. The predicted octanol–water partition coefficient (Wildman–Crippen LogP) is 1.90. The highest BCUT2D eigenvalue weighted by Gasteiger charge is 2.16. The molecule has 0 aliphatic carbocycles. The van der Waals surface area contributed by atoms with Crippen LogP contribution in [0.15, 0.2) is 28.7 Å². The molecule has 17 heavy (non-hydrogen) atoms. The second kappa shape index (κ2) is 3.82. The number of nitrogens with zero attached hydrogens (tertiary/aromatic N) is 2. The molecule has 2 heterocycles. The van der Waals surface area contributed by atoms with Gasteiger partial charge in [-0.25, -0.2) is 4.98 Å². The summed E-state index contributed by atoms with van der Waals surface area (Å²) in [4.78, 5) is 8.91. The van der Waals surface area contributed by atoms with Crippen LogP contribution in [0.3, 0.4) is 0 Å². The predicted molar refractivity (Wildman–Crippen MR) is 66.2 cm³/mol. The molecule has 0 bridgehead atoms. The largest absolute Gasteiger partial charge is 0.446 e. The third-order valence-electron chi connectivity index (χ3n) is 2.76. The lowest BCUT2D eigenvalue weighted by Gasteiger charge is -1.98. The van der Waals surface area contributed by atoms with E-state index in [9.17, 15) is 0 Å². The SMILES string of the molecule is CC[NH2+]c1nc(C)nc2c1oc1ccccc12. The van der Waals surface area contributed by atoms with E-state index in [2.05, 4.69) is 22.2 Å². The maximum atomic E-state index is 5.83. The fourth-order valence-electron chi connectivity index (χ4n) is 2.06. The lowest BCUT2D eigenvalue weighted by atomic mass is 10.2. The van der Waals surface area contributed by atoms with Crippen molar-refractivity contribution in [1.29, 1.82) is 0 Å². The van der Waals surface area contributed by atoms with Gasteiger partial charge in [-0.3, -0.25) is 5.32 Å². The summed E-state index contributed by atoms with van der Waals surface area (Å²) in [6.07, 6.45) is 0. The number of hydrogen-bond donors (Lipinski definition) is 1. The second-order valence-electron chi connectivity index (χ2n) is 4.04. The van der Waals surface area contributed by atoms with E-state index < -0.39 is 0 Å². The van der Waals surface area contributed by atoms with Crippen LogP contribution >= 0.6 is 0 Å². The van der Waals surface area contributed by atoms with Crippen LogP contribution in [0.5, 0.6) is 0 Å². The summed E-state index contributed by atoms with van der Waals surface area (Å²) >= 11 is 0. The molecule has 3 rings (SSSR count). The molecule has 3 aromatic rings. The van der Waals surface area contributed by atoms with Crippen LogP contribution in [0.4, 0.5) is 5.82 Å². The van der Waals surface area contributed by atoms with E-state index in [1.165, 1.54) is 0 Å². The molecule has 1 aromatic carbocycles. The number of aryl methyl sites for hydroxylation is 1. The Labute approximate surface area is 98.7 Å². The molecule has 0 fully saturated rings. The van der Waals surface area contributed by atoms with Gasteiger partial charge in [0, 0.05) is 5.39 Å². The smallest absolute Gasteiger partial charge is 0.271 e. The van der Waals surface area contributed by atoms with Gasteiger partial charge >= 0.3 is 0 Å². The monoisotopic (exact) mass is 228 g/mol. The quantitative estimate of drug-likeness (QED) is 0.728. The molecule has 0 spiro atoms. The average molecular weight is 228 g/mol. The van der Waals surface area contributed by atoms with E-state index in [1.54, 1.807) is 0 Å². The Bertz CT molecular complexity index is 688. The van der Waals surface area contributed by atoms with E-state index in [0.717, 1.165) is 40.3 Å². The number of furan rings is 1. The summed E-state index contributed by atoms with van der Waals surface area (Å²) in [5, 5.41) is 3.12. The molecule has 2 N–H and O–H groups in total. The van der Waals surface area contributed by atoms with Crippen molar-refractivity contribution in [2.24, 2.45) is 0 Å². The maximum Gasteiger partial charge on any atom is 0.271 e. The van der Waals surface area contributed by atoms with Crippen molar-refractivity contribution >= 4 is 27.9 Å². The highest BCUT2D eigenvalue weighted by atomic mass is 16.3. The topological polar surface area (TPSA) is 55.5 Å². The molecular formula is C13H14N3O+. The van der Waals surface area contributed by atoms with Gasteiger partial charge in [0.1, 0.15) is 16.9 Å². The molecule has 2 aromatic heterocycles. The number of benzene rings is 1. The molecule has 4 heteroatoms. The van der Waals surface area contributed by atoms with E-state index in [0.29, 0.717) is 0 Å². The van der Waals surface area contributed by atoms with Gasteiger partial charge in [0.2, 0.25) is 5.58 Å². The Morgan fingerprint density at radius 3 is 2.88 bits per heavy atom. The zero-order chi connectivity index (χ0) is 11.8. The molecule has 0 saturated heterocycles. The van der Waals surface area contributed by atoms with Crippen LogP contribution in [0.1, 0.15) is 12.7 Å². The number of fused-ring (bicyclic) bond motifs is 3. The molecule has 0 radical (unpaired) electrons. The first kappa shape index (κ1) is 10.2. The molecule has 0 aliphatic rings. The number of para-hydroxylation sites is 1. The lowest BCUT2D eigenvalue weighted by molar-refractivity contribution is -0.570. The maximum absolute atomic E-state index is 5.83. The van der Waals surface area contributed by atoms with Crippen molar-refractivity contribution in [2.75, 3.05) is 6.54 Å². The highest BCUT2D eigenvalue weighted by Crippen LogP contribution is 2.29. The van der Waals surface area contributed by atoms with Crippen LogP contribution in [0.25, 0.3) is 22.1 Å². The Balaban J connectivity index is 2.42. The van der Waals surface area contributed by atoms with Crippen molar-refractivity contribution in [1.82, 2.24) is 9.97 Å². The Hall–Kier alpha value is -1.94. The molecule has 0 unspecified atom stereocenters. The van der Waals surface area contributed by atoms with Gasteiger partial charge in [-0.05, 0) is 26.0 Å². The van der Waals surface area contributed by atoms with Crippen molar-refractivity contribution in [3.63, 3.8) is 0 Å².